The van der Waals surface area contributed by atoms with Gasteiger partial charge in [-0.15, -0.1) is 0 Å². The fourth-order valence-corrected chi connectivity index (χ4v) is 3.46. The molecule has 0 amide bonds. The van der Waals surface area contributed by atoms with E-state index in [0.717, 1.165) is 30.1 Å². The van der Waals surface area contributed by atoms with Gasteiger partial charge in [0.25, 0.3) is 0 Å². The van der Waals surface area contributed by atoms with Crippen LogP contribution in [0.3, 0.4) is 0 Å². The molecule has 0 N–H and O–H groups in total. The molecular weight excluding hydrogens is 248 g/mol. The van der Waals surface area contributed by atoms with Crippen LogP contribution in [0.25, 0.3) is 0 Å². The second kappa shape index (κ2) is 6.29. The standard InChI is InChI=1S/C13H20N2O2S/c1-3-10-6-4-5-7-15(10)13-14-11(9-17-2)12(8-16)18-13/h8,10H,3-7,9H2,1-2H3. The van der Waals surface area contributed by atoms with Crippen LogP contribution in [-0.4, -0.2) is 31.0 Å². The Labute approximate surface area is 112 Å². The molecule has 0 aliphatic carbocycles. The van der Waals surface area contributed by atoms with Crippen LogP contribution in [0.4, 0.5) is 5.13 Å². The monoisotopic (exact) mass is 268 g/mol. The molecule has 100 valence electrons. The number of piperidine rings is 1. The van der Waals surface area contributed by atoms with E-state index < -0.39 is 0 Å². The van der Waals surface area contributed by atoms with Crippen LogP contribution in [-0.2, 0) is 11.3 Å². The van der Waals surface area contributed by atoms with Crippen LogP contribution < -0.4 is 4.90 Å². The summed E-state index contributed by atoms with van der Waals surface area (Å²) in [5.41, 5.74) is 0.771. The smallest absolute Gasteiger partial charge is 0.186 e. The number of thiazole rings is 1. The molecule has 4 nitrogen and oxygen atoms in total. The van der Waals surface area contributed by atoms with Gasteiger partial charge in [0, 0.05) is 19.7 Å². The first-order valence-corrected chi connectivity index (χ1v) is 7.32. The third kappa shape index (κ3) is 2.72. The molecule has 1 unspecified atom stereocenters. The summed E-state index contributed by atoms with van der Waals surface area (Å²) in [4.78, 5) is 18.7. The topological polar surface area (TPSA) is 42.4 Å². The highest BCUT2D eigenvalue weighted by Crippen LogP contribution is 2.31. The normalized spacial score (nSPS) is 20.1. The van der Waals surface area contributed by atoms with Crippen molar-refractivity contribution in [2.45, 2.75) is 45.3 Å². The molecule has 18 heavy (non-hydrogen) atoms. The number of nitrogens with zero attached hydrogens (tertiary/aromatic N) is 2. The molecule has 1 fully saturated rings. The van der Waals surface area contributed by atoms with Gasteiger partial charge in [-0.3, -0.25) is 4.79 Å². The maximum atomic E-state index is 11.0. The predicted octanol–water partition coefficient (Wildman–Crippen LogP) is 2.87. The van der Waals surface area contributed by atoms with E-state index in [1.807, 2.05) is 0 Å². The molecule has 2 heterocycles. The number of rotatable bonds is 5. The quantitative estimate of drug-likeness (QED) is 0.770. The van der Waals surface area contributed by atoms with Crippen LogP contribution in [0.1, 0.15) is 48.0 Å². The molecule has 1 saturated heterocycles. The Morgan fingerprint density at radius 1 is 1.56 bits per heavy atom. The van der Waals surface area contributed by atoms with Gasteiger partial charge in [0.1, 0.15) is 0 Å². The molecule has 0 aromatic carbocycles. The van der Waals surface area contributed by atoms with Crippen molar-refractivity contribution in [2.24, 2.45) is 0 Å². The minimum absolute atomic E-state index is 0.412. The molecule has 2 rings (SSSR count). The Kier molecular flexibility index (Phi) is 4.72. The van der Waals surface area contributed by atoms with Crippen LogP contribution in [0.2, 0.25) is 0 Å². The molecular formula is C13H20N2O2S. The second-order valence-electron chi connectivity index (χ2n) is 4.61. The summed E-state index contributed by atoms with van der Waals surface area (Å²) in [6, 6.07) is 0.569. The van der Waals surface area contributed by atoms with Crippen molar-refractivity contribution in [3.05, 3.63) is 10.6 Å². The van der Waals surface area contributed by atoms with E-state index in [1.165, 1.54) is 30.6 Å². The van der Waals surface area contributed by atoms with Crippen molar-refractivity contribution in [3.63, 3.8) is 0 Å². The largest absolute Gasteiger partial charge is 0.378 e. The Balaban J connectivity index is 2.23. The molecule has 1 aliphatic heterocycles. The highest BCUT2D eigenvalue weighted by atomic mass is 32.1. The van der Waals surface area contributed by atoms with Gasteiger partial charge < -0.3 is 9.64 Å². The number of carbonyl (C=O) groups is 1. The van der Waals surface area contributed by atoms with E-state index in [0.29, 0.717) is 17.5 Å². The van der Waals surface area contributed by atoms with Gasteiger partial charge in [0.15, 0.2) is 11.4 Å². The molecule has 1 aromatic rings. The van der Waals surface area contributed by atoms with Crippen molar-refractivity contribution >= 4 is 22.8 Å². The van der Waals surface area contributed by atoms with Crippen molar-refractivity contribution in [1.82, 2.24) is 4.98 Å². The lowest BCUT2D eigenvalue weighted by atomic mass is 10.0. The van der Waals surface area contributed by atoms with Crippen molar-refractivity contribution in [3.8, 4) is 0 Å². The zero-order valence-electron chi connectivity index (χ0n) is 11.0. The Morgan fingerprint density at radius 2 is 2.39 bits per heavy atom. The highest BCUT2D eigenvalue weighted by molar-refractivity contribution is 7.17. The Hall–Kier alpha value is -0.940. The lowest BCUT2D eigenvalue weighted by Gasteiger charge is -2.35. The zero-order valence-corrected chi connectivity index (χ0v) is 11.8. The van der Waals surface area contributed by atoms with Gasteiger partial charge in [-0.05, 0) is 25.7 Å². The van der Waals surface area contributed by atoms with Crippen LogP contribution in [0.15, 0.2) is 0 Å². The number of aldehydes is 1. The van der Waals surface area contributed by atoms with E-state index in [9.17, 15) is 4.79 Å². The minimum atomic E-state index is 0.412. The maximum absolute atomic E-state index is 11.0. The van der Waals surface area contributed by atoms with Crippen LogP contribution in [0, 0.1) is 0 Å². The molecule has 0 bridgehead atoms. The van der Waals surface area contributed by atoms with Gasteiger partial charge in [0.05, 0.1) is 17.2 Å². The average molecular weight is 268 g/mol. The second-order valence-corrected chi connectivity index (χ2v) is 5.62. The number of hydrogen-bond donors (Lipinski definition) is 0. The fraction of sp³-hybridized carbons (Fsp3) is 0.692. The molecule has 0 spiro atoms. The van der Waals surface area contributed by atoms with Gasteiger partial charge in [-0.25, -0.2) is 4.98 Å². The van der Waals surface area contributed by atoms with Gasteiger partial charge in [-0.2, -0.15) is 0 Å². The van der Waals surface area contributed by atoms with E-state index in [1.54, 1.807) is 7.11 Å². The molecule has 1 aromatic heterocycles. The third-order valence-corrected chi connectivity index (χ3v) is 4.51. The summed E-state index contributed by atoms with van der Waals surface area (Å²) < 4.78 is 5.09. The highest BCUT2D eigenvalue weighted by Gasteiger charge is 2.24. The minimum Gasteiger partial charge on any atom is -0.378 e. The van der Waals surface area contributed by atoms with Crippen LogP contribution >= 0.6 is 11.3 Å². The lowest BCUT2D eigenvalue weighted by Crippen LogP contribution is -2.39. The summed E-state index contributed by atoms with van der Waals surface area (Å²) in [6.45, 7) is 3.68. The molecule has 0 saturated carbocycles. The maximum Gasteiger partial charge on any atom is 0.186 e. The SMILES string of the molecule is CCC1CCCCN1c1nc(COC)c(C=O)s1. The summed E-state index contributed by atoms with van der Waals surface area (Å²) in [7, 11) is 1.63. The first kappa shape index (κ1) is 13.5. The lowest BCUT2D eigenvalue weighted by molar-refractivity contribution is 0.112. The molecule has 1 aliphatic rings. The van der Waals surface area contributed by atoms with Crippen molar-refractivity contribution in [2.75, 3.05) is 18.6 Å². The summed E-state index contributed by atoms with van der Waals surface area (Å²) >= 11 is 1.49. The predicted molar refractivity (Wildman–Crippen MR) is 73.5 cm³/mol. The summed E-state index contributed by atoms with van der Waals surface area (Å²) in [6.07, 6.45) is 5.76. The zero-order chi connectivity index (χ0) is 13.0. The number of methoxy groups -OCH3 is 1. The number of ether oxygens (including phenoxy) is 1. The Morgan fingerprint density at radius 3 is 3.06 bits per heavy atom. The molecule has 0 radical (unpaired) electrons. The number of hydrogen-bond acceptors (Lipinski definition) is 5. The molecule has 1 atom stereocenters. The number of aromatic nitrogens is 1. The van der Waals surface area contributed by atoms with Gasteiger partial charge in [0.2, 0.25) is 0 Å². The van der Waals surface area contributed by atoms with Crippen molar-refractivity contribution in [1.29, 1.82) is 0 Å². The number of carbonyl (C=O) groups excluding carboxylic acids is 1. The first-order chi connectivity index (χ1) is 8.80. The average Bonchev–Trinajstić information content (AvgIpc) is 2.82. The fourth-order valence-electron chi connectivity index (χ4n) is 2.48. The van der Waals surface area contributed by atoms with Crippen molar-refractivity contribution < 1.29 is 9.53 Å². The Bertz CT molecular complexity index is 406. The summed E-state index contributed by atoms with van der Waals surface area (Å²) in [5, 5.41) is 0.982. The van der Waals surface area contributed by atoms with E-state index >= 15 is 0 Å². The summed E-state index contributed by atoms with van der Waals surface area (Å²) in [5.74, 6) is 0. The van der Waals surface area contributed by atoms with E-state index in [-0.39, 0.29) is 0 Å². The van der Waals surface area contributed by atoms with E-state index in [2.05, 4.69) is 16.8 Å². The molecule has 5 heteroatoms. The third-order valence-electron chi connectivity index (χ3n) is 3.45. The van der Waals surface area contributed by atoms with Gasteiger partial charge >= 0.3 is 0 Å². The van der Waals surface area contributed by atoms with E-state index in [4.69, 9.17) is 4.74 Å². The van der Waals surface area contributed by atoms with Gasteiger partial charge in [-0.1, -0.05) is 18.3 Å². The first-order valence-electron chi connectivity index (χ1n) is 6.50. The van der Waals surface area contributed by atoms with Crippen LogP contribution in [0.5, 0.6) is 0 Å². The number of anilines is 1.